The maximum atomic E-state index is 12.4. The van der Waals surface area contributed by atoms with Crippen molar-refractivity contribution in [3.05, 3.63) is 35.9 Å². The Morgan fingerprint density at radius 3 is 2.68 bits per heavy atom. The van der Waals surface area contributed by atoms with Crippen LogP contribution in [0.25, 0.3) is 0 Å². The molecule has 2 aromatic rings. The molecule has 0 aliphatic rings. The molecule has 4 N–H and O–H groups in total. The fraction of sp³-hybridized carbons (Fsp3) is 0.273. The first-order valence-electron chi connectivity index (χ1n) is 5.51. The third kappa shape index (κ3) is 3.36. The first-order chi connectivity index (χ1) is 8.97. The van der Waals surface area contributed by atoms with Crippen LogP contribution in [0.5, 0.6) is 0 Å². The molecule has 19 heavy (non-hydrogen) atoms. The predicted molar refractivity (Wildman–Crippen MR) is 64.4 cm³/mol. The van der Waals surface area contributed by atoms with Crippen molar-refractivity contribution in [3.8, 4) is 0 Å². The van der Waals surface area contributed by atoms with E-state index in [1.165, 1.54) is 12.4 Å². The molecule has 1 heterocycles. The van der Waals surface area contributed by atoms with E-state index < -0.39 is 11.7 Å². The Labute approximate surface area is 107 Å². The predicted octanol–water partition coefficient (Wildman–Crippen LogP) is 2.06. The van der Waals surface area contributed by atoms with Gasteiger partial charge in [0.2, 0.25) is 0 Å². The van der Waals surface area contributed by atoms with Crippen LogP contribution < -0.4 is 11.1 Å². The standard InChI is InChI=1S/C11H12F3N5/c12-11(13,14)7-1-2-9(8(15)5-7)16-4-3-10-17-6-18-19-10/h1-2,5-6,16H,3-4,15H2,(H,17,18,19). The van der Waals surface area contributed by atoms with Crippen molar-refractivity contribution in [2.75, 3.05) is 17.6 Å². The maximum Gasteiger partial charge on any atom is 0.416 e. The molecule has 0 bridgehead atoms. The summed E-state index contributed by atoms with van der Waals surface area (Å²) in [5.74, 6) is 0.693. The van der Waals surface area contributed by atoms with Gasteiger partial charge in [-0.05, 0) is 18.2 Å². The topological polar surface area (TPSA) is 79.6 Å². The Bertz CT molecular complexity index is 536. The zero-order valence-electron chi connectivity index (χ0n) is 9.83. The number of H-pyrrole nitrogens is 1. The normalized spacial score (nSPS) is 11.5. The average molecular weight is 271 g/mol. The number of alkyl halides is 3. The molecule has 8 heteroatoms. The van der Waals surface area contributed by atoms with E-state index in [-0.39, 0.29) is 5.69 Å². The van der Waals surface area contributed by atoms with Crippen molar-refractivity contribution in [3.63, 3.8) is 0 Å². The maximum absolute atomic E-state index is 12.4. The van der Waals surface area contributed by atoms with E-state index in [0.717, 1.165) is 12.1 Å². The molecule has 0 aliphatic heterocycles. The highest BCUT2D eigenvalue weighted by Gasteiger charge is 2.30. The molecule has 0 amide bonds. The highest BCUT2D eigenvalue weighted by molar-refractivity contribution is 5.67. The molecule has 0 unspecified atom stereocenters. The Balaban J connectivity index is 1.97. The second kappa shape index (κ2) is 5.17. The number of nitrogens with two attached hydrogens (primary N) is 1. The van der Waals surface area contributed by atoms with Gasteiger partial charge in [0.05, 0.1) is 16.9 Å². The van der Waals surface area contributed by atoms with Crippen molar-refractivity contribution < 1.29 is 13.2 Å². The number of nitrogen functional groups attached to an aromatic ring is 1. The fourth-order valence-corrected chi connectivity index (χ4v) is 1.57. The van der Waals surface area contributed by atoms with Crippen molar-refractivity contribution in [2.24, 2.45) is 0 Å². The van der Waals surface area contributed by atoms with E-state index >= 15 is 0 Å². The third-order valence-corrected chi connectivity index (χ3v) is 2.52. The number of aromatic amines is 1. The monoisotopic (exact) mass is 271 g/mol. The molecule has 0 aliphatic carbocycles. The van der Waals surface area contributed by atoms with Gasteiger partial charge in [0, 0.05) is 13.0 Å². The van der Waals surface area contributed by atoms with E-state index in [1.54, 1.807) is 0 Å². The minimum atomic E-state index is -4.38. The van der Waals surface area contributed by atoms with Crippen LogP contribution in [0.3, 0.4) is 0 Å². The largest absolute Gasteiger partial charge is 0.416 e. The van der Waals surface area contributed by atoms with Crippen LogP contribution in [-0.4, -0.2) is 21.7 Å². The van der Waals surface area contributed by atoms with Gasteiger partial charge in [0.15, 0.2) is 0 Å². The van der Waals surface area contributed by atoms with Crippen molar-refractivity contribution in [1.29, 1.82) is 0 Å². The Hall–Kier alpha value is -2.25. The quantitative estimate of drug-likeness (QED) is 0.744. The molecule has 102 valence electrons. The van der Waals surface area contributed by atoms with E-state index in [4.69, 9.17) is 5.73 Å². The second-order valence-electron chi connectivity index (χ2n) is 3.91. The molecule has 2 rings (SSSR count). The van der Waals surface area contributed by atoms with Crippen LogP contribution >= 0.6 is 0 Å². The van der Waals surface area contributed by atoms with Gasteiger partial charge in [-0.3, -0.25) is 5.10 Å². The van der Waals surface area contributed by atoms with Crippen molar-refractivity contribution >= 4 is 11.4 Å². The smallest absolute Gasteiger partial charge is 0.397 e. The third-order valence-electron chi connectivity index (χ3n) is 2.52. The van der Waals surface area contributed by atoms with Gasteiger partial charge >= 0.3 is 6.18 Å². The molecule has 5 nitrogen and oxygen atoms in total. The number of halogens is 3. The minimum absolute atomic E-state index is 0.0624. The summed E-state index contributed by atoms with van der Waals surface area (Å²) in [6, 6.07) is 3.22. The molecule has 0 fully saturated rings. The first kappa shape index (κ1) is 13.2. The highest BCUT2D eigenvalue weighted by Crippen LogP contribution is 2.32. The number of aromatic nitrogens is 3. The number of benzene rings is 1. The number of rotatable bonds is 4. The highest BCUT2D eigenvalue weighted by atomic mass is 19.4. The van der Waals surface area contributed by atoms with Gasteiger partial charge in [-0.25, -0.2) is 4.98 Å². The van der Waals surface area contributed by atoms with Crippen molar-refractivity contribution in [1.82, 2.24) is 15.2 Å². The van der Waals surface area contributed by atoms with Gasteiger partial charge in [0.25, 0.3) is 0 Å². The molecular weight excluding hydrogens is 259 g/mol. The van der Waals surface area contributed by atoms with Crippen LogP contribution in [0.15, 0.2) is 24.5 Å². The van der Waals surface area contributed by atoms with Crippen LogP contribution in [0, 0.1) is 0 Å². The Morgan fingerprint density at radius 1 is 1.32 bits per heavy atom. The van der Waals surface area contributed by atoms with E-state index in [1.807, 2.05) is 0 Å². The molecule has 0 saturated heterocycles. The molecule has 1 aromatic carbocycles. The average Bonchev–Trinajstić information content (AvgIpc) is 2.83. The van der Waals surface area contributed by atoms with Crippen LogP contribution in [0.1, 0.15) is 11.4 Å². The molecular formula is C11H12F3N5. The zero-order chi connectivity index (χ0) is 13.9. The van der Waals surface area contributed by atoms with Crippen LogP contribution in [0.4, 0.5) is 24.5 Å². The molecule has 0 saturated carbocycles. The van der Waals surface area contributed by atoms with Crippen molar-refractivity contribution in [2.45, 2.75) is 12.6 Å². The summed E-state index contributed by atoms with van der Waals surface area (Å²) in [7, 11) is 0. The first-order valence-corrected chi connectivity index (χ1v) is 5.51. The molecule has 0 atom stereocenters. The number of hydrogen-bond acceptors (Lipinski definition) is 4. The summed E-state index contributed by atoms with van der Waals surface area (Å²) in [5.41, 5.74) is 5.35. The number of nitrogens with one attached hydrogen (secondary N) is 2. The SMILES string of the molecule is Nc1cc(C(F)(F)F)ccc1NCCc1ncn[nH]1. The van der Waals surface area contributed by atoms with Gasteiger partial charge in [-0.2, -0.15) is 18.3 Å². The van der Waals surface area contributed by atoms with E-state index in [0.29, 0.717) is 24.5 Å². The van der Waals surface area contributed by atoms with E-state index in [2.05, 4.69) is 20.5 Å². The Kier molecular flexibility index (Phi) is 3.59. The lowest BCUT2D eigenvalue weighted by Gasteiger charge is -2.12. The molecule has 0 spiro atoms. The van der Waals surface area contributed by atoms with E-state index in [9.17, 15) is 13.2 Å². The van der Waals surface area contributed by atoms with Crippen LogP contribution in [-0.2, 0) is 12.6 Å². The minimum Gasteiger partial charge on any atom is -0.397 e. The number of hydrogen-bond donors (Lipinski definition) is 3. The molecule has 0 radical (unpaired) electrons. The van der Waals surface area contributed by atoms with Gasteiger partial charge in [0.1, 0.15) is 12.2 Å². The number of nitrogens with zero attached hydrogens (tertiary/aromatic N) is 2. The van der Waals surface area contributed by atoms with Crippen LogP contribution in [0.2, 0.25) is 0 Å². The molecule has 1 aromatic heterocycles. The zero-order valence-corrected chi connectivity index (χ0v) is 9.83. The fourth-order valence-electron chi connectivity index (χ4n) is 1.57. The van der Waals surface area contributed by atoms with Gasteiger partial charge in [-0.1, -0.05) is 0 Å². The lowest BCUT2D eigenvalue weighted by atomic mass is 10.1. The summed E-state index contributed by atoms with van der Waals surface area (Å²) < 4.78 is 37.3. The lowest BCUT2D eigenvalue weighted by Crippen LogP contribution is -2.10. The summed E-state index contributed by atoms with van der Waals surface area (Å²) >= 11 is 0. The number of anilines is 2. The second-order valence-corrected chi connectivity index (χ2v) is 3.91. The lowest BCUT2D eigenvalue weighted by molar-refractivity contribution is -0.137. The summed E-state index contributed by atoms with van der Waals surface area (Å²) in [6.07, 6.45) is -2.42. The van der Waals surface area contributed by atoms with Gasteiger partial charge < -0.3 is 11.1 Å². The summed E-state index contributed by atoms with van der Waals surface area (Å²) in [4.78, 5) is 3.93. The van der Waals surface area contributed by atoms with Gasteiger partial charge in [-0.15, -0.1) is 0 Å². The summed E-state index contributed by atoms with van der Waals surface area (Å²) in [5, 5.41) is 9.33. The summed E-state index contributed by atoms with van der Waals surface area (Å²) in [6.45, 7) is 0.491. The Morgan fingerprint density at radius 2 is 2.11 bits per heavy atom.